The largest absolute Gasteiger partial charge is 0.393 e. The third-order valence-electron chi connectivity index (χ3n) is 4.74. The zero-order valence-electron chi connectivity index (χ0n) is 14.0. The van der Waals surface area contributed by atoms with E-state index in [1.807, 2.05) is 4.90 Å². The van der Waals surface area contributed by atoms with E-state index in [2.05, 4.69) is 36.3 Å². The topological polar surface area (TPSA) is 66.6 Å². The van der Waals surface area contributed by atoms with E-state index >= 15 is 0 Å². The second-order valence-corrected chi connectivity index (χ2v) is 6.62. The molecule has 1 aromatic carbocycles. The number of carbonyl (C=O) groups is 1. The van der Waals surface area contributed by atoms with Crippen LogP contribution in [0.25, 0.3) is 0 Å². The minimum atomic E-state index is -0.343. The second-order valence-electron chi connectivity index (χ2n) is 6.62. The predicted octanol–water partition coefficient (Wildman–Crippen LogP) is 2.37. The second kappa shape index (κ2) is 7.62. The van der Waals surface area contributed by atoms with Gasteiger partial charge in [0.25, 0.3) is 0 Å². The molecule has 1 aliphatic rings. The molecular formula is C19H24N2O3. The molecule has 1 N–H and O–H groups in total. The number of amides is 1. The zero-order chi connectivity index (χ0) is 16.9. The Morgan fingerprint density at radius 2 is 2.12 bits per heavy atom. The molecule has 1 aromatic heterocycles. The first kappa shape index (κ1) is 16.7. The third-order valence-corrected chi connectivity index (χ3v) is 4.74. The van der Waals surface area contributed by atoms with Gasteiger partial charge in [0.15, 0.2) is 0 Å². The maximum absolute atomic E-state index is 12.4. The van der Waals surface area contributed by atoms with Gasteiger partial charge in [-0.25, -0.2) is 0 Å². The first-order valence-electron chi connectivity index (χ1n) is 8.53. The van der Waals surface area contributed by atoms with Crippen LogP contribution in [-0.4, -0.2) is 40.3 Å². The van der Waals surface area contributed by atoms with Gasteiger partial charge in [-0.1, -0.05) is 35.0 Å². The van der Waals surface area contributed by atoms with E-state index in [4.69, 9.17) is 4.52 Å². The van der Waals surface area contributed by atoms with Crippen molar-refractivity contribution >= 4 is 5.91 Å². The lowest BCUT2D eigenvalue weighted by Crippen LogP contribution is -2.46. The first-order chi connectivity index (χ1) is 11.6. The minimum Gasteiger partial charge on any atom is -0.393 e. The number of likely N-dealkylation sites (tertiary alicyclic amines) is 1. The van der Waals surface area contributed by atoms with Crippen molar-refractivity contribution in [3.8, 4) is 0 Å². The van der Waals surface area contributed by atoms with Gasteiger partial charge in [-0.3, -0.25) is 4.79 Å². The van der Waals surface area contributed by atoms with Gasteiger partial charge in [0.05, 0.1) is 12.3 Å². The van der Waals surface area contributed by atoms with Crippen molar-refractivity contribution < 1.29 is 14.4 Å². The standard InChI is InChI=1S/C19H24N2O3/c1-14-2-4-15(5-3-14)12-16-13-21(11-9-18(16)22)19(23)7-6-17-8-10-20-24-17/h2-5,8,10,16,18,22H,6-7,9,11-13H2,1H3/t16-,18-/m1/s1. The molecule has 128 valence electrons. The lowest BCUT2D eigenvalue weighted by molar-refractivity contribution is -0.135. The molecule has 0 unspecified atom stereocenters. The highest BCUT2D eigenvalue weighted by Crippen LogP contribution is 2.22. The number of aryl methyl sites for hydroxylation is 2. The number of aromatic nitrogens is 1. The highest BCUT2D eigenvalue weighted by molar-refractivity contribution is 5.76. The van der Waals surface area contributed by atoms with E-state index in [0.29, 0.717) is 32.4 Å². The average molecular weight is 328 g/mol. The molecule has 24 heavy (non-hydrogen) atoms. The maximum atomic E-state index is 12.4. The zero-order valence-corrected chi connectivity index (χ0v) is 14.0. The van der Waals surface area contributed by atoms with E-state index < -0.39 is 0 Å². The number of piperidine rings is 1. The van der Waals surface area contributed by atoms with Crippen molar-refractivity contribution in [1.29, 1.82) is 0 Å². The molecule has 0 saturated carbocycles. The number of nitrogens with zero attached hydrogens (tertiary/aromatic N) is 2. The van der Waals surface area contributed by atoms with Gasteiger partial charge >= 0.3 is 0 Å². The van der Waals surface area contributed by atoms with Crippen LogP contribution in [0.5, 0.6) is 0 Å². The summed E-state index contributed by atoms with van der Waals surface area (Å²) in [4.78, 5) is 14.3. The summed E-state index contributed by atoms with van der Waals surface area (Å²) in [6.07, 6.45) is 3.68. The highest BCUT2D eigenvalue weighted by Gasteiger charge is 2.30. The molecule has 2 heterocycles. The van der Waals surface area contributed by atoms with Crippen LogP contribution in [-0.2, 0) is 17.6 Å². The van der Waals surface area contributed by atoms with E-state index in [-0.39, 0.29) is 17.9 Å². The number of benzene rings is 1. The van der Waals surface area contributed by atoms with Crippen molar-refractivity contribution in [2.24, 2.45) is 5.92 Å². The molecule has 1 amide bonds. The summed E-state index contributed by atoms with van der Waals surface area (Å²) in [7, 11) is 0. The van der Waals surface area contributed by atoms with Gasteiger partial charge in [-0.2, -0.15) is 0 Å². The van der Waals surface area contributed by atoms with Crippen LogP contribution in [0.2, 0.25) is 0 Å². The van der Waals surface area contributed by atoms with Gasteiger partial charge < -0.3 is 14.5 Å². The first-order valence-corrected chi connectivity index (χ1v) is 8.53. The van der Waals surface area contributed by atoms with Crippen molar-refractivity contribution in [2.45, 2.75) is 38.7 Å². The van der Waals surface area contributed by atoms with Gasteiger partial charge in [-0.15, -0.1) is 0 Å². The van der Waals surface area contributed by atoms with E-state index in [0.717, 1.165) is 12.2 Å². The summed E-state index contributed by atoms with van der Waals surface area (Å²) in [6, 6.07) is 10.2. The summed E-state index contributed by atoms with van der Waals surface area (Å²) in [6.45, 7) is 3.30. The van der Waals surface area contributed by atoms with Crippen LogP contribution in [0.4, 0.5) is 0 Å². The number of rotatable bonds is 5. The van der Waals surface area contributed by atoms with Crippen LogP contribution in [0, 0.1) is 12.8 Å². The number of aliphatic hydroxyl groups excluding tert-OH is 1. The van der Waals surface area contributed by atoms with Crippen LogP contribution < -0.4 is 0 Å². The summed E-state index contributed by atoms with van der Waals surface area (Å²) in [5, 5.41) is 14.0. The Morgan fingerprint density at radius 1 is 1.33 bits per heavy atom. The molecule has 3 rings (SSSR count). The fourth-order valence-corrected chi connectivity index (χ4v) is 3.23. The fraction of sp³-hybridized carbons (Fsp3) is 0.474. The molecule has 2 aromatic rings. The number of hydrogen-bond acceptors (Lipinski definition) is 4. The summed E-state index contributed by atoms with van der Waals surface area (Å²) < 4.78 is 5.04. The maximum Gasteiger partial charge on any atom is 0.223 e. The summed E-state index contributed by atoms with van der Waals surface area (Å²) in [5.41, 5.74) is 2.44. The Morgan fingerprint density at radius 3 is 2.83 bits per heavy atom. The van der Waals surface area contributed by atoms with Crippen LogP contribution in [0.1, 0.15) is 29.7 Å². The Kier molecular flexibility index (Phi) is 5.30. The van der Waals surface area contributed by atoms with E-state index in [1.54, 1.807) is 12.3 Å². The Hall–Kier alpha value is -2.14. The molecule has 5 heteroatoms. The molecule has 0 aliphatic carbocycles. The van der Waals surface area contributed by atoms with Gasteiger partial charge in [0.1, 0.15) is 5.76 Å². The molecule has 0 bridgehead atoms. The molecule has 0 radical (unpaired) electrons. The number of carbonyl (C=O) groups excluding carboxylic acids is 1. The van der Waals surface area contributed by atoms with E-state index in [9.17, 15) is 9.90 Å². The number of aliphatic hydroxyl groups is 1. The molecular weight excluding hydrogens is 304 g/mol. The number of hydrogen-bond donors (Lipinski definition) is 1. The van der Waals surface area contributed by atoms with Crippen molar-refractivity contribution in [1.82, 2.24) is 10.1 Å². The molecule has 1 aliphatic heterocycles. The molecule has 0 spiro atoms. The minimum absolute atomic E-state index is 0.0932. The quantitative estimate of drug-likeness (QED) is 0.915. The Bertz CT molecular complexity index is 652. The van der Waals surface area contributed by atoms with Gasteiger partial charge in [0.2, 0.25) is 5.91 Å². The fourth-order valence-electron chi connectivity index (χ4n) is 3.23. The summed E-state index contributed by atoms with van der Waals surface area (Å²) >= 11 is 0. The average Bonchev–Trinajstić information content (AvgIpc) is 3.10. The normalized spacial score (nSPS) is 21.0. The van der Waals surface area contributed by atoms with Crippen molar-refractivity contribution in [3.63, 3.8) is 0 Å². The van der Waals surface area contributed by atoms with Crippen molar-refractivity contribution in [3.05, 3.63) is 53.4 Å². The monoisotopic (exact) mass is 328 g/mol. The molecule has 5 nitrogen and oxygen atoms in total. The predicted molar refractivity (Wildman–Crippen MR) is 90.4 cm³/mol. The smallest absolute Gasteiger partial charge is 0.223 e. The van der Waals surface area contributed by atoms with Crippen LogP contribution in [0.3, 0.4) is 0 Å². The highest BCUT2D eigenvalue weighted by atomic mass is 16.5. The Balaban J connectivity index is 1.56. The SMILES string of the molecule is Cc1ccc(C[C@@H]2CN(C(=O)CCc3ccno3)CC[C@H]2O)cc1. The lowest BCUT2D eigenvalue weighted by Gasteiger charge is -2.36. The third kappa shape index (κ3) is 4.23. The van der Waals surface area contributed by atoms with Gasteiger partial charge in [0, 0.05) is 37.9 Å². The lowest BCUT2D eigenvalue weighted by atomic mass is 9.88. The molecule has 1 fully saturated rings. The molecule has 2 atom stereocenters. The van der Waals surface area contributed by atoms with Crippen molar-refractivity contribution in [2.75, 3.05) is 13.1 Å². The van der Waals surface area contributed by atoms with Crippen LogP contribution >= 0.6 is 0 Å². The Labute approximate surface area is 142 Å². The molecule has 1 saturated heterocycles. The summed E-state index contributed by atoms with van der Waals surface area (Å²) in [5.74, 6) is 0.944. The van der Waals surface area contributed by atoms with Crippen LogP contribution in [0.15, 0.2) is 41.1 Å². The van der Waals surface area contributed by atoms with Gasteiger partial charge in [-0.05, 0) is 25.3 Å². The van der Waals surface area contributed by atoms with E-state index in [1.165, 1.54) is 11.1 Å².